The van der Waals surface area contributed by atoms with Crippen LogP contribution in [0.1, 0.15) is 19.4 Å². The summed E-state index contributed by atoms with van der Waals surface area (Å²) in [5, 5.41) is 0. The number of ether oxygens (including phenoxy) is 2. The van der Waals surface area contributed by atoms with Gasteiger partial charge in [-0.15, -0.1) is 0 Å². The summed E-state index contributed by atoms with van der Waals surface area (Å²) in [7, 11) is 3.04. The number of rotatable bonds is 3. The highest BCUT2D eigenvalue weighted by molar-refractivity contribution is 5.48. The third-order valence-corrected chi connectivity index (χ3v) is 2.04. The monoisotopic (exact) mass is 198 g/mol. The predicted molar refractivity (Wildman–Crippen MR) is 53.7 cm³/mol. The van der Waals surface area contributed by atoms with Gasteiger partial charge in [0.1, 0.15) is 5.67 Å². The molecule has 2 nitrogen and oxygen atoms in total. The van der Waals surface area contributed by atoms with Crippen LogP contribution in [-0.4, -0.2) is 14.2 Å². The van der Waals surface area contributed by atoms with Crippen molar-refractivity contribution < 1.29 is 13.9 Å². The molecular weight excluding hydrogens is 183 g/mol. The van der Waals surface area contributed by atoms with Crippen LogP contribution in [0.3, 0.4) is 0 Å². The van der Waals surface area contributed by atoms with Crippen LogP contribution in [0.4, 0.5) is 4.39 Å². The van der Waals surface area contributed by atoms with E-state index in [0.29, 0.717) is 17.1 Å². The molecule has 0 saturated heterocycles. The molecule has 3 heteroatoms. The highest BCUT2D eigenvalue weighted by Crippen LogP contribution is 2.38. The second kappa shape index (κ2) is 3.86. The minimum Gasteiger partial charge on any atom is -0.493 e. The maximum atomic E-state index is 13.7. The number of hydrogen-bond donors (Lipinski definition) is 0. The summed E-state index contributed by atoms with van der Waals surface area (Å²) in [5.41, 5.74) is -0.931. The fourth-order valence-corrected chi connectivity index (χ4v) is 1.36. The molecule has 78 valence electrons. The third kappa shape index (κ3) is 1.97. The van der Waals surface area contributed by atoms with Crippen LogP contribution in [0.5, 0.6) is 11.5 Å². The van der Waals surface area contributed by atoms with E-state index in [0.717, 1.165) is 0 Å². The van der Waals surface area contributed by atoms with E-state index in [-0.39, 0.29) is 0 Å². The van der Waals surface area contributed by atoms with Gasteiger partial charge in [0.15, 0.2) is 11.5 Å². The molecule has 0 radical (unpaired) electrons. The van der Waals surface area contributed by atoms with Crippen LogP contribution in [0.2, 0.25) is 0 Å². The number of halogens is 1. The molecule has 0 aromatic heterocycles. The molecule has 1 rings (SSSR count). The second-order valence-electron chi connectivity index (χ2n) is 3.51. The Morgan fingerprint density at radius 3 is 2.21 bits per heavy atom. The molecule has 1 aromatic carbocycles. The SMILES string of the molecule is COc1cccc(C(C)(C)F)c1OC. The zero-order chi connectivity index (χ0) is 10.8. The van der Waals surface area contributed by atoms with Crippen molar-refractivity contribution in [2.45, 2.75) is 19.5 Å². The molecule has 0 fully saturated rings. The van der Waals surface area contributed by atoms with E-state index in [2.05, 4.69) is 0 Å². The summed E-state index contributed by atoms with van der Waals surface area (Å²) in [6, 6.07) is 5.19. The van der Waals surface area contributed by atoms with Gasteiger partial charge in [0.05, 0.1) is 14.2 Å². The van der Waals surface area contributed by atoms with Crippen molar-refractivity contribution in [3.63, 3.8) is 0 Å². The normalized spacial score (nSPS) is 11.2. The number of alkyl halides is 1. The summed E-state index contributed by atoms with van der Waals surface area (Å²) in [4.78, 5) is 0. The first-order valence-electron chi connectivity index (χ1n) is 4.41. The van der Waals surface area contributed by atoms with Crippen molar-refractivity contribution in [3.05, 3.63) is 23.8 Å². The molecule has 0 amide bonds. The van der Waals surface area contributed by atoms with Gasteiger partial charge in [-0.25, -0.2) is 4.39 Å². The lowest BCUT2D eigenvalue weighted by Gasteiger charge is -2.19. The van der Waals surface area contributed by atoms with E-state index < -0.39 is 5.67 Å². The van der Waals surface area contributed by atoms with E-state index in [1.54, 1.807) is 18.2 Å². The van der Waals surface area contributed by atoms with Gasteiger partial charge in [0.25, 0.3) is 0 Å². The van der Waals surface area contributed by atoms with Gasteiger partial charge in [-0.3, -0.25) is 0 Å². The Morgan fingerprint density at radius 2 is 1.79 bits per heavy atom. The number of para-hydroxylation sites is 1. The Morgan fingerprint density at radius 1 is 1.14 bits per heavy atom. The minimum absolute atomic E-state index is 0.461. The van der Waals surface area contributed by atoms with Gasteiger partial charge in [-0.2, -0.15) is 0 Å². The molecule has 0 saturated carbocycles. The lowest BCUT2D eigenvalue weighted by Crippen LogP contribution is -2.11. The smallest absolute Gasteiger partial charge is 0.167 e. The predicted octanol–water partition coefficient (Wildman–Crippen LogP) is 2.91. The quantitative estimate of drug-likeness (QED) is 0.743. The Labute approximate surface area is 83.6 Å². The van der Waals surface area contributed by atoms with E-state index in [4.69, 9.17) is 9.47 Å². The molecule has 0 aliphatic rings. The van der Waals surface area contributed by atoms with Gasteiger partial charge in [-0.1, -0.05) is 12.1 Å². The summed E-state index contributed by atoms with van der Waals surface area (Å²) in [6.07, 6.45) is 0. The molecule has 0 aliphatic carbocycles. The largest absolute Gasteiger partial charge is 0.493 e. The van der Waals surface area contributed by atoms with Crippen molar-refractivity contribution in [3.8, 4) is 11.5 Å². The molecule has 0 spiro atoms. The van der Waals surface area contributed by atoms with E-state index in [1.165, 1.54) is 28.1 Å². The van der Waals surface area contributed by atoms with Gasteiger partial charge < -0.3 is 9.47 Å². The Kier molecular flexibility index (Phi) is 2.99. The van der Waals surface area contributed by atoms with Crippen LogP contribution in [0.15, 0.2) is 18.2 Å². The maximum absolute atomic E-state index is 13.7. The van der Waals surface area contributed by atoms with Crippen LogP contribution >= 0.6 is 0 Å². The Balaban J connectivity index is 3.29. The van der Waals surface area contributed by atoms with Crippen LogP contribution in [0, 0.1) is 0 Å². The zero-order valence-electron chi connectivity index (χ0n) is 8.93. The highest BCUT2D eigenvalue weighted by Gasteiger charge is 2.25. The fraction of sp³-hybridized carbons (Fsp3) is 0.455. The molecule has 0 atom stereocenters. The minimum atomic E-state index is -1.43. The van der Waals surface area contributed by atoms with Crippen LogP contribution < -0.4 is 9.47 Å². The first kappa shape index (κ1) is 10.8. The number of methoxy groups -OCH3 is 2. The second-order valence-corrected chi connectivity index (χ2v) is 3.51. The molecule has 0 unspecified atom stereocenters. The lowest BCUT2D eigenvalue weighted by atomic mass is 9.99. The third-order valence-electron chi connectivity index (χ3n) is 2.04. The fourth-order valence-electron chi connectivity index (χ4n) is 1.36. The lowest BCUT2D eigenvalue weighted by molar-refractivity contribution is 0.211. The molecule has 1 aromatic rings. The highest BCUT2D eigenvalue weighted by atomic mass is 19.1. The van der Waals surface area contributed by atoms with Crippen LogP contribution in [-0.2, 0) is 5.67 Å². The Bertz CT molecular complexity index is 316. The van der Waals surface area contributed by atoms with Crippen molar-refractivity contribution in [2.75, 3.05) is 14.2 Å². The van der Waals surface area contributed by atoms with Crippen molar-refractivity contribution in [1.29, 1.82) is 0 Å². The van der Waals surface area contributed by atoms with Gasteiger partial charge in [-0.05, 0) is 19.9 Å². The maximum Gasteiger partial charge on any atom is 0.167 e. The molecular formula is C11H15FO2. The van der Waals surface area contributed by atoms with Gasteiger partial charge >= 0.3 is 0 Å². The summed E-state index contributed by atoms with van der Waals surface area (Å²) >= 11 is 0. The van der Waals surface area contributed by atoms with E-state index in [9.17, 15) is 4.39 Å². The molecule has 14 heavy (non-hydrogen) atoms. The zero-order valence-corrected chi connectivity index (χ0v) is 8.93. The van der Waals surface area contributed by atoms with Crippen molar-refractivity contribution in [1.82, 2.24) is 0 Å². The van der Waals surface area contributed by atoms with Crippen LogP contribution in [0.25, 0.3) is 0 Å². The topological polar surface area (TPSA) is 18.5 Å². The first-order valence-corrected chi connectivity index (χ1v) is 4.41. The average molecular weight is 198 g/mol. The standard InChI is InChI=1S/C11H15FO2/c1-11(2,12)8-6-5-7-9(13-3)10(8)14-4/h5-7H,1-4H3. The van der Waals surface area contributed by atoms with Crippen molar-refractivity contribution >= 4 is 0 Å². The summed E-state index contributed by atoms with van der Waals surface area (Å²) in [6.45, 7) is 2.98. The Hall–Kier alpha value is -1.25. The van der Waals surface area contributed by atoms with Crippen molar-refractivity contribution in [2.24, 2.45) is 0 Å². The number of hydrogen-bond acceptors (Lipinski definition) is 2. The first-order chi connectivity index (χ1) is 6.50. The summed E-state index contributed by atoms with van der Waals surface area (Å²) < 4.78 is 24.0. The van der Waals surface area contributed by atoms with E-state index >= 15 is 0 Å². The van der Waals surface area contributed by atoms with Gasteiger partial charge in [0.2, 0.25) is 0 Å². The molecule has 0 N–H and O–H groups in total. The summed E-state index contributed by atoms with van der Waals surface area (Å²) in [5.74, 6) is 1.01. The van der Waals surface area contributed by atoms with E-state index in [1.807, 2.05) is 0 Å². The molecule has 0 heterocycles. The number of benzene rings is 1. The molecule has 0 bridgehead atoms. The average Bonchev–Trinajstić information content (AvgIpc) is 2.15. The van der Waals surface area contributed by atoms with Gasteiger partial charge in [0, 0.05) is 5.56 Å². The molecule has 0 aliphatic heterocycles.